The van der Waals surface area contributed by atoms with Gasteiger partial charge >= 0.3 is 0 Å². The van der Waals surface area contributed by atoms with E-state index in [2.05, 4.69) is 10.5 Å². The van der Waals surface area contributed by atoms with Gasteiger partial charge in [-0.2, -0.15) is 0 Å². The van der Waals surface area contributed by atoms with Crippen LogP contribution in [-0.4, -0.2) is 24.3 Å². The van der Waals surface area contributed by atoms with Gasteiger partial charge in [0, 0.05) is 19.0 Å². The fourth-order valence-corrected chi connectivity index (χ4v) is 2.41. The quantitative estimate of drug-likeness (QED) is 0.940. The summed E-state index contributed by atoms with van der Waals surface area (Å²) in [5, 5.41) is 6.90. The molecule has 1 aromatic heterocycles. The lowest BCUT2D eigenvalue weighted by Gasteiger charge is -2.11. The molecular weight excluding hydrogens is 308 g/mol. The van der Waals surface area contributed by atoms with Gasteiger partial charge in [-0.25, -0.2) is 0 Å². The Morgan fingerprint density at radius 1 is 1.32 bits per heavy atom. The molecule has 2 aromatic rings. The Morgan fingerprint density at radius 3 is 2.91 bits per heavy atom. The molecule has 1 aliphatic heterocycles. The maximum atomic E-state index is 11.9. The third-order valence-electron chi connectivity index (χ3n) is 3.17. The van der Waals surface area contributed by atoms with E-state index in [9.17, 15) is 4.79 Å². The van der Waals surface area contributed by atoms with Crippen LogP contribution in [0.25, 0.3) is 0 Å². The summed E-state index contributed by atoms with van der Waals surface area (Å²) in [6.45, 7) is 3.21. The number of carbonyl (C=O) groups excluding carboxylic acids is 1. The van der Waals surface area contributed by atoms with Crippen molar-refractivity contribution in [2.45, 2.75) is 19.9 Å². The number of fused-ring (bicyclic) bond motifs is 1. The minimum atomic E-state index is -0.330. The first-order valence-electron chi connectivity index (χ1n) is 6.93. The van der Waals surface area contributed by atoms with Crippen molar-refractivity contribution in [1.29, 1.82) is 0 Å². The van der Waals surface area contributed by atoms with Crippen LogP contribution in [0.2, 0.25) is 5.02 Å². The van der Waals surface area contributed by atoms with Crippen LogP contribution in [0.4, 0.5) is 0 Å². The molecule has 0 spiro atoms. The molecule has 6 nitrogen and oxygen atoms in total. The predicted molar refractivity (Wildman–Crippen MR) is 79.5 cm³/mol. The first-order chi connectivity index (χ1) is 10.6. The van der Waals surface area contributed by atoms with Crippen LogP contribution in [0.1, 0.15) is 28.2 Å². The van der Waals surface area contributed by atoms with Crippen molar-refractivity contribution in [2.75, 3.05) is 13.2 Å². The Morgan fingerprint density at radius 2 is 2.14 bits per heavy atom. The number of benzene rings is 1. The van der Waals surface area contributed by atoms with Crippen molar-refractivity contribution >= 4 is 17.5 Å². The lowest BCUT2D eigenvalue weighted by molar-refractivity contribution is 0.0914. The van der Waals surface area contributed by atoms with Crippen LogP contribution in [0.3, 0.4) is 0 Å². The molecule has 7 heteroatoms. The highest BCUT2D eigenvalue weighted by atomic mass is 35.5. The van der Waals surface area contributed by atoms with E-state index in [0.717, 1.165) is 12.0 Å². The monoisotopic (exact) mass is 322 g/mol. The van der Waals surface area contributed by atoms with Crippen LogP contribution >= 0.6 is 11.6 Å². The standard InChI is InChI=1S/C15H15ClN2O4/c1-9-5-13(22-18-9)15(19)17-8-10-6-11(16)14-12(7-10)20-3-2-4-21-14/h5-7H,2-4,8H2,1H3,(H,17,19). The van der Waals surface area contributed by atoms with Gasteiger partial charge in [-0.1, -0.05) is 16.8 Å². The molecular formula is C15H15ClN2O4. The Bertz CT molecular complexity index is 699. The molecule has 1 amide bonds. The molecule has 0 saturated heterocycles. The van der Waals surface area contributed by atoms with Gasteiger partial charge in [0.25, 0.3) is 5.91 Å². The van der Waals surface area contributed by atoms with E-state index in [-0.39, 0.29) is 11.7 Å². The summed E-state index contributed by atoms with van der Waals surface area (Å²) in [7, 11) is 0. The molecule has 0 aliphatic carbocycles. The number of aryl methyl sites for hydroxylation is 1. The van der Waals surface area contributed by atoms with Gasteiger partial charge in [-0.3, -0.25) is 4.79 Å². The molecule has 0 fully saturated rings. The van der Waals surface area contributed by atoms with E-state index in [4.69, 9.17) is 25.6 Å². The minimum absolute atomic E-state index is 0.179. The molecule has 3 rings (SSSR count). The van der Waals surface area contributed by atoms with E-state index in [1.807, 2.05) is 6.07 Å². The number of hydrogen-bond donors (Lipinski definition) is 1. The highest BCUT2D eigenvalue weighted by Gasteiger charge is 2.16. The second kappa shape index (κ2) is 6.27. The topological polar surface area (TPSA) is 73.6 Å². The Labute approximate surface area is 132 Å². The average molecular weight is 323 g/mol. The van der Waals surface area contributed by atoms with E-state index in [0.29, 0.717) is 42.0 Å². The molecule has 0 saturated carbocycles. The number of hydrogen-bond acceptors (Lipinski definition) is 5. The summed E-state index contributed by atoms with van der Waals surface area (Å²) < 4.78 is 16.1. The molecule has 0 radical (unpaired) electrons. The van der Waals surface area contributed by atoms with Gasteiger partial charge in [0.05, 0.1) is 23.9 Å². The first-order valence-corrected chi connectivity index (χ1v) is 7.31. The van der Waals surface area contributed by atoms with Crippen molar-refractivity contribution in [1.82, 2.24) is 10.5 Å². The van der Waals surface area contributed by atoms with E-state index >= 15 is 0 Å². The minimum Gasteiger partial charge on any atom is -0.489 e. The summed E-state index contributed by atoms with van der Waals surface area (Å²) in [4.78, 5) is 11.9. The lowest BCUT2D eigenvalue weighted by atomic mass is 10.2. The zero-order valence-electron chi connectivity index (χ0n) is 12.0. The fourth-order valence-electron chi connectivity index (χ4n) is 2.13. The number of amides is 1. The smallest absolute Gasteiger partial charge is 0.290 e. The van der Waals surface area contributed by atoms with Crippen LogP contribution in [-0.2, 0) is 6.54 Å². The predicted octanol–water partition coefficient (Wildman–Crippen LogP) is 2.73. The summed E-state index contributed by atoms with van der Waals surface area (Å²) in [6, 6.07) is 5.15. The number of carbonyl (C=O) groups is 1. The van der Waals surface area contributed by atoms with Crippen molar-refractivity contribution in [3.8, 4) is 11.5 Å². The third kappa shape index (κ3) is 3.17. The Balaban J connectivity index is 1.71. The second-order valence-electron chi connectivity index (χ2n) is 4.97. The van der Waals surface area contributed by atoms with Crippen LogP contribution in [0.5, 0.6) is 11.5 Å². The van der Waals surface area contributed by atoms with Crippen LogP contribution < -0.4 is 14.8 Å². The largest absolute Gasteiger partial charge is 0.489 e. The Hall–Kier alpha value is -2.21. The second-order valence-corrected chi connectivity index (χ2v) is 5.38. The third-order valence-corrected chi connectivity index (χ3v) is 3.45. The fraction of sp³-hybridized carbons (Fsp3) is 0.333. The van der Waals surface area contributed by atoms with Crippen molar-refractivity contribution in [3.05, 3.63) is 40.2 Å². The molecule has 2 heterocycles. The molecule has 1 aromatic carbocycles. The normalized spacial score (nSPS) is 13.5. The van der Waals surface area contributed by atoms with E-state index in [1.54, 1.807) is 19.1 Å². The number of ether oxygens (including phenoxy) is 2. The number of aromatic nitrogens is 1. The maximum Gasteiger partial charge on any atom is 0.290 e. The molecule has 0 unspecified atom stereocenters. The van der Waals surface area contributed by atoms with Crippen molar-refractivity contribution < 1.29 is 18.8 Å². The van der Waals surface area contributed by atoms with E-state index in [1.165, 1.54) is 0 Å². The number of halogens is 1. The molecule has 116 valence electrons. The van der Waals surface area contributed by atoms with Crippen molar-refractivity contribution in [2.24, 2.45) is 0 Å². The zero-order valence-corrected chi connectivity index (χ0v) is 12.8. The highest BCUT2D eigenvalue weighted by molar-refractivity contribution is 6.32. The molecule has 0 bridgehead atoms. The summed E-state index contributed by atoms with van der Waals surface area (Å²) >= 11 is 6.21. The van der Waals surface area contributed by atoms with E-state index < -0.39 is 0 Å². The van der Waals surface area contributed by atoms with Gasteiger partial charge in [0.2, 0.25) is 5.76 Å². The van der Waals surface area contributed by atoms with Crippen molar-refractivity contribution in [3.63, 3.8) is 0 Å². The summed E-state index contributed by atoms with van der Waals surface area (Å²) in [6.07, 6.45) is 0.807. The van der Waals surface area contributed by atoms with Gasteiger partial charge in [-0.05, 0) is 24.6 Å². The molecule has 22 heavy (non-hydrogen) atoms. The van der Waals surface area contributed by atoms with Gasteiger partial charge in [0.1, 0.15) is 0 Å². The number of rotatable bonds is 3. The first kappa shape index (κ1) is 14.7. The summed E-state index contributed by atoms with van der Waals surface area (Å²) in [5.74, 6) is 1.01. The number of nitrogens with zero attached hydrogens (tertiary/aromatic N) is 1. The average Bonchev–Trinajstić information content (AvgIpc) is 2.79. The SMILES string of the molecule is Cc1cc(C(=O)NCc2cc(Cl)c3c(c2)OCCCO3)on1. The maximum absolute atomic E-state index is 11.9. The zero-order chi connectivity index (χ0) is 15.5. The van der Waals surface area contributed by atoms with Gasteiger partial charge < -0.3 is 19.3 Å². The van der Waals surface area contributed by atoms with Gasteiger partial charge in [0.15, 0.2) is 11.5 Å². The van der Waals surface area contributed by atoms with Crippen LogP contribution in [0, 0.1) is 6.92 Å². The molecule has 1 N–H and O–H groups in total. The van der Waals surface area contributed by atoms with Crippen LogP contribution in [0.15, 0.2) is 22.7 Å². The summed E-state index contributed by atoms with van der Waals surface area (Å²) in [5.41, 5.74) is 1.47. The highest BCUT2D eigenvalue weighted by Crippen LogP contribution is 2.37. The molecule has 1 aliphatic rings. The number of nitrogens with one attached hydrogen (secondary N) is 1. The lowest BCUT2D eigenvalue weighted by Crippen LogP contribution is -2.22. The molecule has 0 atom stereocenters. The van der Waals surface area contributed by atoms with Gasteiger partial charge in [-0.15, -0.1) is 0 Å². The Kier molecular flexibility index (Phi) is 4.20.